The predicted octanol–water partition coefficient (Wildman–Crippen LogP) is 6.83. The highest BCUT2D eigenvalue weighted by atomic mass is 35.5. The van der Waals surface area contributed by atoms with E-state index < -0.39 is 0 Å². The maximum Gasteiger partial charge on any atom is 0.272 e. The van der Waals surface area contributed by atoms with E-state index in [1.807, 2.05) is 11.6 Å². The van der Waals surface area contributed by atoms with Gasteiger partial charge in [-0.05, 0) is 74.3 Å². The van der Waals surface area contributed by atoms with E-state index in [0.717, 1.165) is 28.8 Å². The number of halogens is 1. The van der Waals surface area contributed by atoms with Gasteiger partial charge in [0.2, 0.25) is 0 Å². The number of amides is 1. The van der Waals surface area contributed by atoms with Crippen LogP contribution in [-0.4, -0.2) is 27.1 Å². The number of aryl methyl sites for hydroxylation is 1. The van der Waals surface area contributed by atoms with Crippen LogP contribution in [0.1, 0.15) is 86.3 Å². The number of nitrogens with zero attached hydrogens (tertiary/aromatic N) is 2. The molecule has 1 heterocycles. The Hall–Kier alpha value is -2.33. The Morgan fingerprint density at radius 2 is 1.89 bits per heavy atom. The molecule has 2 saturated carbocycles. The van der Waals surface area contributed by atoms with Gasteiger partial charge >= 0.3 is 0 Å². The Morgan fingerprint density at radius 3 is 2.51 bits per heavy atom. The number of rotatable bonds is 5. The highest BCUT2D eigenvalue weighted by Gasteiger charge is 2.59. The van der Waals surface area contributed by atoms with Gasteiger partial charge in [-0.15, -0.1) is 11.6 Å². The highest BCUT2D eigenvalue weighted by Crippen LogP contribution is 2.62. The molecule has 0 saturated heterocycles. The molecular weight excluding hydrogens is 454 g/mol. The molecule has 1 aromatic carbocycles. The summed E-state index contributed by atoms with van der Waals surface area (Å²) in [7, 11) is 0. The van der Waals surface area contributed by atoms with Crippen molar-refractivity contribution in [1.29, 1.82) is 0 Å². The number of carbonyl (C=O) groups is 1. The van der Waals surface area contributed by atoms with Crippen LogP contribution < -0.4 is 5.32 Å². The van der Waals surface area contributed by atoms with Gasteiger partial charge in [-0.3, -0.25) is 9.48 Å². The van der Waals surface area contributed by atoms with Gasteiger partial charge in [0.05, 0.1) is 17.6 Å². The molecule has 0 spiro atoms. The van der Waals surface area contributed by atoms with E-state index in [-0.39, 0.29) is 28.2 Å². The Balaban J connectivity index is 1.51. The lowest BCUT2D eigenvalue weighted by Crippen LogP contribution is -2.52. The van der Waals surface area contributed by atoms with E-state index >= 15 is 0 Å². The van der Waals surface area contributed by atoms with E-state index in [1.54, 1.807) is 0 Å². The Kier molecular flexibility index (Phi) is 6.03. The Labute approximate surface area is 214 Å². The van der Waals surface area contributed by atoms with Crippen LogP contribution in [0.25, 0.3) is 5.57 Å². The van der Waals surface area contributed by atoms with Gasteiger partial charge in [-0.2, -0.15) is 5.10 Å². The number of benzene rings is 1. The third kappa shape index (κ3) is 4.18. The normalized spacial score (nSPS) is 29.2. The van der Waals surface area contributed by atoms with Gasteiger partial charge in [0.1, 0.15) is 0 Å². The van der Waals surface area contributed by atoms with Crippen LogP contribution in [0, 0.1) is 30.6 Å². The zero-order chi connectivity index (χ0) is 25.1. The lowest BCUT2D eigenvalue weighted by Gasteiger charge is -2.43. The molecule has 1 N–H and O–H groups in total. The van der Waals surface area contributed by atoms with Crippen molar-refractivity contribution in [2.45, 2.75) is 85.2 Å². The topological polar surface area (TPSA) is 46.9 Å². The summed E-state index contributed by atoms with van der Waals surface area (Å²) in [5.74, 6) is 0.628. The molecule has 1 aromatic heterocycles. The predicted molar refractivity (Wildman–Crippen MR) is 144 cm³/mol. The molecule has 4 atom stereocenters. The first kappa shape index (κ1) is 24.4. The highest BCUT2D eigenvalue weighted by molar-refractivity contribution is 6.22. The average Bonchev–Trinajstić information content (AvgIpc) is 3.41. The average molecular weight is 492 g/mol. The van der Waals surface area contributed by atoms with Gasteiger partial charge in [-0.25, -0.2) is 0 Å². The largest absolute Gasteiger partial charge is 0.347 e. The molecule has 0 aliphatic heterocycles. The Bertz CT molecular complexity index is 1210. The second-order valence-corrected chi connectivity index (χ2v) is 12.6. The van der Waals surface area contributed by atoms with Crippen LogP contribution in [-0.2, 0) is 6.54 Å². The molecule has 3 aliphatic carbocycles. The fourth-order valence-corrected chi connectivity index (χ4v) is 7.10. The van der Waals surface area contributed by atoms with Crippen molar-refractivity contribution in [1.82, 2.24) is 15.1 Å². The van der Waals surface area contributed by atoms with Gasteiger partial charge in [0.25, 0.3) is 5.91 Å². The molecule has 35 heavy (non-hydrogen) atoms. The molecular formula is C30H38ClN3O. The van der Waals surface area contributed by atoms with Crippen LogP contribution in [0.5, 0.6) is 0 Å². The van der Waals surface area contributed by atoms with E-state index in [2.05, 4.69) is 76.4 Å². The minimum absolute atomic E-state index is 0.0241. The standard InChI is InChI=1S/C30H38ClN3O/c1-18-7-9-21(10-8-18)17-34-26(22-11-12-24(31)19(2)15-22)20(3)25(33-34)27(35)32-28-29(4,5)23-13-14-30(28,6)16-23/h7-11,15,23-24,28H,12-14,16-17H2,1-6H3,(H,32,35). The molecule has 2 bridgehead atoms. The monoisotopic (exact) mass is 491 g/mol. The lowest BCUT2D eigenvalue weighted by atomic mass is 9.68. The smallest absolute Gasteiger partial charge is 0.272 e. The van der Waals surface area contributed by atoms with Crippen molar-refractivity contribution in [3.63, 3.8) is 0 Å². The van der Waals surface area contributed by atoms with E-state index in [0.29, 0.717) is 18.2 Å². The third-order valence-electron chi connectivity index (χ3n) is 9.10. The number of alkyl halides is 1. The minimum atomic E-state index is -0.0504. The lowest BCUT2D eigenvalue weighted by molar-refractivity contribution is 0.0732. The molecule has 4 nitrogen and oxygen atoms in total. The summed E-state index contributed by atoms with van der Waals surface area (Å²) < 4.78 is 2.01. The number of nitrogens with one attached hydrogen (secondary N) is 1. The SMILES string of the molecule is CC1=CC(c2c(C)c(C(=O)NC3C4(C)CCC(C4)C3(C)C)nn2Cc2ccc(C)cc2)=CCC1Cl. The van der Waals surface area contributed by atoms with E-state index in [9.17, 15) is 4.79 Å². The third-order valence-corrected chi connectivity index (χ3v) is 9.62. The first-order chi connectivity index (χ1) is 16.5. The summed E-state index contributed by atoms with van der Waals surface area (Å²) in [6.45, 7) is 13.8. The van der Waals surface area contributed by atoms with Crippen LogP contribution in [0.2, 0.25) is 0 Å². The molecule has 2 aromatic rings. The maximum atomic E-state index is 13.7. The van der Waals surface area contributed by atoms with Crippen molar-refractivity contribution < 1.29 is 4.79 Å². The molecule has 3 aliphatic rings. The van der Waals surface area contributed by atoms with Crippen LogP contribution >= 0.6 is 11.6 Å². The van der Waals surface area contributed by atoms with Crippen molar-refractivity contribution in [2.24, 2.45) is 16.7 Å². The maximum absolute atomic E-state index is 13.7. The van der Waals surface area contributed by atoms with Gasteiger partial charge < -0.3 is 5.32 Å². The quantitative estimate of drug-likeness (QED) is 0.465. The molecule has 0 radical (unpaired) electrons. The van der Waals surface area contributed by atoms with E-state index in [1.165, 1.54) is 30.4 Å². The number of hydrogen-bond acceptors (Lipinski definition) is 2. The first-order valence-corrected chi connectivity index (χ1v) is 13.4. The van der Waals surface area contributed by atoms with Gasteiger partial charge in [-0.1, -0.05) is 68.3 Å². The molecule has 5 rings (SSSR count). The molecule has 4 unspecified atom stereocenters. The number of allylic oxidation sites excluding steroid dienone is 4. The fourth-order valence-electron chi connectivity index (χ4n) is 6.95. The molecule has 1 amide bonds. The molecule has 2 fully saturated rings. The Morgan fingerprint density at radius 1 is 1.17 bits per heavy atom. The summed E-state index contributed by atoms with van der Waals surface area (Å²) in [6, 6.07) is 8.69. The van der Waals surface area contributed by atoms with E-state index in [4.69, 9.17) is 16.7 Å². The second-order valence-electron chi connectivity index (χ2n) is 12.0. The fraction of sp³-hybridized carbons (Fsp3) is 0.533. The van der Waals surface area contributed by atoms with Crippen molar-refractivity contribution >= 4 is 23.1 Å². The zero-order valence-corrected chi connectivity index (χ0v) is 22.7. The first-order valence-electron chi connectivity index (χ1n) is 13.0. The van der Waals surface area contributed by atoms with Crippen LogP contribution in [0.3, 0.4) is 0 Å². The summed E-state index contributed by atoms with van der Waals surface area (Å²) in [5, 5.41) is 8.41. The minimum Gasteiger partial charge on any atom is -0.347 e. The van der Waals surface area contributed by atoms with Crippen LogP contribution in [0.4, 0.5) is 0 Å². The van der Waals surface area contributed by atoms with Crippen molar-refractivity contribution in [3.8, 4) is 0 Å². The number of hydrogen-bond donors (Lipinski definition) is 1. The number of aromatic nitrogens is 2. The van der Waals surface area contributed by atoms with Crippen molar-refractivity contribution in [3.05, 3.63) is 70.1 Å². The van der Waals surface area contributed by atoms with Crippen LogP contribution in [0.15, 0.2) is 42.0 Å². The number of carbonyl (C=O) groups excluding carboxylic acids is 1. The van der Waals surface area contributed by atoms with Gasteiger partial charge in [0, 0.05) is 11.6 Å². The molecule has 5 heteroatoms. The van der Waals surface area contributed by atoms with Crippen molar-refractivity contribution in [2.75, 3.05) is 0 Å². The summed E-state index contributed by atoms with van der Waals surface area (Å²) >= 11 is 6.47. The summed E-state index contributed by atoms with van der Waals surface area (Å²) in [6.07, 6.45) is 8.78. The second kappa shape index (κ2) is 8.65. The number of fused-ring (bicyclic) bond motifs is 2. The summed E-state index contributed by atoms with van der Waals surface area (Å²) in [4.78, 5) is 13.7. The molecule has 186 valence electrons. The zero-order valence-electron chi connectivity index (χ0n) is 21.9. The summed E-state index contributed by atoms with van der Waals surface area (Å²) in [5.41, 5.74) is 7.40. The van der Waals surface area contributed by atoms with Gasteiger partial charge in [0.15, 0.2) is 5.69 Å².